The van der Waals surface area contributed by atoms with Gasteiger partial charge in [-0.25, -0.2) is 18.4 Å². The minimum atomic E-state index is -3.30. The summed E-state index contributed by atoms with van der Waals surface area (Å²) in [6, 6.07) is 25.0. The van der Waals surface area contributed by atoms with Gasteiger partial charge in [0.25, 0.3) is 0 Å². The predicted octanol–water partition coefficient (Wildman–Crippen LogP) is 4.84. The predicted molar refractivity (Wildman–Crippen MR) is 122 cm³/mol. The SMILES string of the molecule is CC(Nc1nc(-c2ccccc2)nc2ccccc12)c1ccc(NS(C)(=O)=O)cc1. The fraction of sp³-hybridized carbons (Fsp3) is 0.130. The van der Waals surface area contributed by atoms with Crippen molar-refractivity contribution in [1.82, 2.24) is 9.97 Å². The number of benzene rings is 3. The number of sulfonamides is 1. The van der Waals surface area contributed by atoms with Crippen molar-refractivity contribution in [2.45, 2.75) is 13.0 Å². The highest BCUT2D eigenvalue weighted by Gasteiger charge is 2.13. The Balaban J connectivity index is 1.66. The number of rotatable bonds is 6. The molecule has 1 unspecified atom stereocenters. The summed E-state index contributed by atoms with van der Waals surface area (Å²) in [5.74, 6) is 1.42. The first-order chi connectivity index (χ1) is 14.4. The Morgan fingerprint density at radius 1 is 0.833 bits per heavy atom. The average molecular weight is 419 g/mol. The third-order valence-corrected chi connectivity index (χ3v) is 5.31. The Morgan fingerprint density at radius 2 is 1.50 bits per heavy atom. The highest BCUT2D eigenvalue weighted by Crippen LogP contribution is 2.28. The molecule has 7 heteroatoms. The van der Waals surface area contributed by atoms with E-state index in [9.17, 15) is 8.42 Å². The maximum atomic E-state index is 11.4. The normalized spacial score (nSPS) is 12.5. The van der Waals surface area contributed by atoms with E-state index in [0.29, 0.717) is 11.5 Å². The largest absolute Gasteiger partial charge is 0.363 e. The summed E-state index contributed by atoms with van der Waals surface area (Å²) in [5.41, 5.74) is 3.37. The van der Waals surface area contributed by atoms with E-state index >= 15 is 0 Å². The molecular formula is C23H22N4O2S. The fourth-order valence-electron chi connectivity index (χ4n) is 3.25. The van der Waals surface area contributed by atoms with Crippen molar-refractivity contribution in [2.24, 2.45) is 0 Å². The van der Waals surface area contributed by atoms with Crippen LogP contribution in [0.3, 0.4) is 0 Å². The Labute approximate surface area is 176 Å². The zero-order valence-corrected chi connectivity index (χ0v) is 17.5. The summed E-state index contributed by atoms with van der Waals surface area (Å²) in [7, 11) is -3.30. The lowest BCUT2D eigenvalue weighted by atomic mass is 10.1. The lowest BCUT2D eigenvalue weighted by Gasteiger charge is -2.18. The van der Waals surface area contributed by atoms with E-state index in [-0.39, 0.29) is 6.04 Å². The topological polar surface area (TPSA) is 84.0 Å². The van der Waals surface area contributed by atoms with Gasteiger partial charge < -0.3 is 5.32 Å². The van der Waals surface area contributed by atoms with Crippen molar-refractivity contribution in [3.63, 3.8) is 0 Å². The van der Waals surface area contributed by atoms with Crippen LogP contribution in [0.5, 0.6) is 0 Å². The lowest BCUT2D eigenvalue weighted by molar-refractivity contribution is 0.607. The van der Waals surface area contributed by atoms with Crippen LogP contribution in [-0.2, 0) is 10.0 Å². The van der Waals surface area contributed by atoms with Crippen molar-refractivity contribution in [1.29, 1.82) is 0 Å². The molecule has 152 valence electrons. The highest BCUT2D eigenvalue weighted by molar-refractivity contribution is 7.92. The number of hydrogen-bond acceptors (Lipinski definition) is 5. The summed E-state index contributed by atoms with van der Waals surface area (Å²) >= 11 is 0. The molecule has 1 heterocycles. The lowest BCUT2D eigenvalue weighted by Crippen LogP contribution is -2.11. The minimum Gasteiger partial charge on any atom is -0.363 e. The maximum absolute atomic E-state index is 11.4. The molecule has 4 aromatic rings. The number of fused-ring (bicyclic) bond motifs is 1. The summed E-state index contributed by atoms with van der Waals surface area (Å²) < 4.78 is 25.3. The molecule has 0 radical (unpaired) electrons. The summed E-state index contributed by atoms with van der Waals surface area (Å²) in [5, 5.41) is 4.43. The van der Waals surface area contributed by atoms with Crippen LogP contribution in [0.1, 0.15) is 18.5 Å². The van der Waals surface area contributed by atoms with Crippen LogP contribution in [0.15, 0.2) is 78.9 Å². The first kappa shape index (κ1) is 19.8. The van der Waals surface area contributed by atoms with E-state index in [1.165, 1.54) is 0 Å². The zero-order chi connectivity index (χ0) is 21.1. The van der Waals surface area contributed by atoms with Crippen LogP contribution >= 0.6 is 0 Å². The van der Waals surface area contributed by atoms with Crippen molar-refractivity contribution >= 4 is 32.4 Å². The molecule has 30 heavy (non-hydrogen) atoms. The zero-order valence-electron chi connectivity index (χ0n) is 16.7. The quantitative estimate of drug-likeness (QED) is 0.468. The van der Waals surface area contributed by atoms with Crippen LogP contribution < -0.4 is 10.0 Å². The van der Waals surface area contributed by atoms with Gasteiger partial charge in [-0.15, -0.1) is 0 Å². The average Bonchev–Trinajstić information content (AvgIpc) is 2.73. The molecule has 0 saturated carbocycles. The molecule has 0 bridgehead atoms. The van der Waals surface area contributed by atoms with Crippen molar-refractivity contribution in [3.8, 4) is 11.4 Å². The molecule has 0 aliphatic heterocycles. The molecule has 1 atom stereocenters. The van der Waals surface area contributed by atoms with Crippen molar-refractivity contribution in [3.05, 3.63) is 84.4 Å². The highest BCUT2D eigenvalue weighted by atomic mass is 32.2. The Morgan fingerprint density at radius 3 is 2.20 bits per heavy atom. The molecule has 0 aliphatic rings. The molecule has 4 rings (SSSR count). The van der Waals surface area contributed by atoms with E-state index in [2.05, 4.69) is 10.0 Å². The third-order valence-electron chi connectivity index (χ3n) is 4.70. The second kappa shape index (κ2) is 8.12. The summed E-state index contributed by atoms with van der Waals surface area (Å²) in [4.78, 5) is 9.50. The Kier molecular flexibility index (Phi) is 5.37. The first-order valence-electron chi connectivity index (χ1n) is 9.55. The van der Waals surface area contributed by atoms with Gasteiger partial charge in [0, 0.05) is 22.7 Å². The van der Waals surface area contributed by atoms with Gasteiger partial charge in [-0.05, 0) is 36.8 Å². The Hall–Kier alpha value is -3.45. The van der Waals surface area contributed by atoms with E-state index in [1.54, 1.807) is 12.1 Å². The molecule has 0 aliphatic carbocycles. The Bertz CT molecular complexity index is 1270. The number of anilines is 2. The number of para-hydroxylation sites is 1. The third kappa shape index (κ3) is 4.58. The van der Waals surface area contributed by atoms with Crippen molar-refractivity contribution < 1.29 is 8.42 Å². The van der Waals surface area contributed by atoms with Gasteiger partial charge >= 0.3 is 0 Å². The van der Waals surface area contributed by atoms with Crippen LogP contribution in [0.25, 0.3) is 22.3 Å². The molecule has 6 nitrogen and oxygen atoms in total. The molecule has 0 saturated heterocycles. The van der Waals surface area contributed by atoms with E-state index < -0.39 is 10.0 Å². The standard InChI is InChI=1S/C23H22N4O2S/c1-16(17-12-14-19(15-13-17)27-30(2,28)29)24-23-20-10-6-7-11-21(20)25-22(26-23)18-8-4-3-5-9-18/h3-16,27H,1-2H3,(H,24,25,26). The minimum absolute atomic E-state index is 0.0424. The molecule has 0 amide bonds. The first-order valence-corrected chi connectivity index (χ1v) is 11.4. The van der Waals surface area contributed by atoms with Crippen LogP contribution in [0.4, 0.5) is 11.5 Å². The van der Waals surface area contributed by atoms with Gasteiger partial charge in [0.2, 0.25) is 10.0 Å². The number of hydrogen-bond donors (Lipinski definition) is 2. The molecule has 1 aromatic heterocycles. The van der Waals surface area contributed by atoms with Gasteiger partial charge in [-0.2, -0.15) is 0 Å². The molecule has 0 fully saturated rings. The monoisotopic (exact) mass is 418 g/mol. The fourth-order valence-corrected chi connectivity index (χ4v) is 3.81. The molecular weight excluding hydrogens is 396 g/mol. The van der Waals surface area contributed by atoms with Crippen LogP contribution in [-0.4, -0.2) is 24.6 Å². The number of aromatic nitrogens is 2. The van der Waals surface area contributed by atoms with Crippen LogP contribution in [0.2, 0.25) is 0 Å². The van der Waals surface area contributed by atoms with E-state index in [4.69, 9.17) is 9.97 Å². The van der Waals surface area contributed by atoms with E-state index in [0.717, 1.165) is 34.1 Å². The smallest absolute Gasteiger partial charge is 0.229 e. The maximum Gasteiger partial charge on any atom is 0.229 e. The van der Waals surface area contributed by atoms with E-state index in [1.807, 2.05) is 73.7 Å². The van der Waals surface area contributed by atoms with Gasteiger partial charge in [-0.3, -0.25) is 4.72 Å². The van der Waals surface area contributed by atoms with Crippen LogP contribution in [0, 0.1) is 0 Å². The summed E-state index contributed by atoms with van der Waals surface area (Å²) in [6.07, 6.45) is 1.13. The van der Waals surface area contributed by atoms with Gasteiger partial charge in [0.05, 0.1) is 11.8 Å². The van der Waals surface area contributed by atoms with Gasteiger partial charge in [0.15, 0.2) is 5.82 Å². The second-order valence-electron chi connectivity index (χ2n) is 7.14. The van der Waals surface area contributed by atoms with Crippen molar-refractivity contribution in [2.75, 3.05) is 16.3 Å². The molecule has 3 aromatic carbocycles. The van der Waals surface area contributed by atoms with Gasteiger partial charge in [0.1, 0.15) is 5.82 Å². The number of nitrogens with one attached hydrogen (secondary N) is 2. The number of nitrogens with zero attached hydrogens (tertiary/aromatic N) is 2. The van der Waals surface area contributed by atoms with Gasteiger partial charge in [-0.1, -0.05) is 54.6 Å². The summed E-state index contributed by atoms with van der Waals surface area (Å²) in [6.45, 7) is 2.04. The second-order valence-corrected chi connectivity index (χ2v) is 8.89. The molecule has 0 spiro atoms. The molecule has 2 N–H and O–H groups in total.